The summed E-state index contributed by atoms with van der Waals surface area (Å²) in [6.45, 7) is 0.203. The molecule has 0 saturated heterocycles. The molecule has 0 amide bonds. The number of hydrogen-bond donors (Lipinski definition) is 0. The third-order valence-electron chi connectivity index (χ3n) is 5.82. The molecule has 0 aromatic heterocycles. The van der Waals surface area contributed by atoms with Crippen molar-refractivity contribution < 1.29 is 19.1 Å². The predicted octanol–water partition coefficient (Wildman–Crippen LogP) is 5.22. The van der Waals surface area contributed by atoms with E-state index in [1.54, 1.807) is 12.1 Å². The van der Waals surface area contributed by atoms with E-state index in [2.05, 4.69) is 0 Å². The van der Waals surface area contributed by atoms with E-state index in [1.807, 2.05) is 41.4 Å². The van der Waals surface area contributed by atoms with Gasteiger partial charge in [0.15, 0.2) is 11.5 Å². The van der Waals surface area contributed by atoms with E-state index >= 15 is 0 Å². The van der Waals surface area contributed by atoms with E-state index in [1.165, 1.54) is 12.1 Å². The van der Waals surface area contributed by atoms with E-state index in [-0.39, 0.29) is 18.5 Å². The molecule has 0 spiro atoms. The first-order chi connectivity index (χ1) is 15.6. The molecule has 3 aromatic rings. The van der Waals surface area contributed by atoms with Gasteiger partial charge in [-0.25, -0.2) is 5.01 Å². The number of nitro benzene ring substituents is 1. The Morgan fingerprint density at radius 3 is 2.75 bits per heavy atom. The Labute approximate surface area is 187 Å². The highest BCUT2D eigenvalue weighted by molar-refractivity contribution is 6.30. The quantitative estimate of drug-likeness (QED) is 0.402. The highest BCUT2D eigenvalue weighted by Gasteiger charge is 2.41. The van der Waals surface area contributed by atoms with Gasteiger partial charge in [0.05, 0.1) is 16.7 Å². The van der Waals surface area contributed by atoms with E-state index in [0.717, 1.165) is 16.8 Å². The highest BCUT2D eigenvalue weighted by Crippen LogP contribution is 2.48. The van der Waals surface area contributed by atoms with Gasteiger partial charge in [-0.2, -0.15) is 5.10 Å². The maximum atomic E-state index is 11.3. The van der Waals surface area contributed by atoms with Gasteiger partial charge >= 0.3 is 0 Å². The van der Waals surface area contributed by atoms with Crippen LogP contribution in [0, 0.1) is 10.1 Å². The van der Waals surface area contributed by atoms with E-state index in [0.29, 0.717) is 34.3 Å². The molecule has 0 unspecified atom stereocenters. The summed E-state index contributed by atoms with van der Waals surface area (Å²) in [4.78, 5) is 10.9. The van der Waals surface area contributed by atoms with Gasteiger partial charge in [0.2, 0.25) is 13.0 Å². The normalized spacial score (nSPS) is 20.3. The minimum atomic E-state index is -0.611. The average Bonchev–Trinajstić information content (AvgIpc) is 3.45. The molecule has 3 heterocycles. The molecule has 8 nitrogen and oxygen atoms in total. The molecule has 0 saturated carbocycles. The van der Waals surface area contributed by atoms with Crippen LogP contribution in [0.2, 0.25) is 5.02 Å². The van der Waals surface area contributed by atoms with Gasteiger partial charge in [-0.15, -0.1) is 0 Å². The lowest BCUT2D eigenvalue weighted by atomic mass is 9.95. The van der Waals surface area contributed by atoms with Crippen LogP contribution in [-0.4, -0.2) is 22.4 Å². The Balaban J connectivity index is 1.44. The van der Waals surface area contributed by atoms with Crippen molar-refractivity contribution in [2.24, 2.45) is 5.10 Å². The molecular weight excluding hydrogens is 434 g/mol. The Kier molecular flexibility index (Phi) is 4.22. The maximum Gasteiger partial charge on any atom is 0.269 e. The molecule has 3 aromatic carbocycles. The number of benzene rings is 3. The lowest BCUT2D eigenvalue weighted by Crippen LogP contribution is -2.33. The van der Waals surface area contributed by atoms with Crippen LogP contribution in [0.1, 0.15) is 35.4 Å². The van der Waals surface area contributed by atoms with Crippen molar-refractivity contribution in [2.45, 2.75) is 18.7 Å². The molecule has 0 aliphatic carbocycles. The van der Waals surface area contributed by atoms with Crippen LogP contribution in [0.25, 0.3) is 0 Å². The number of nitrogens with zero attached hydrogens (tertiary/aromatic N) is 3. The molecule has 3 aliphatic rings. The van der Waals surface area contributed by atoms with Crippen LogP contribution < -0.4 is 14.2 Å². The van der Waals surface area contributed by atoms with Crippen molar-refractivity contribution in [1.29, 1.82) is 0 Å². The average molecular weight is 450 g/mol. The zero-order chi connectivity index (χ0) is 21.8. The Morgan fingerprint density at radius 1 is 1.03 bits per heavy atom. The number of hydrogen-bond acceptors (Lipinski definition) is 7. The van der Waals surface area contributed by atoms with Crippen molar-refractivity contribution >= 4 is 23.0 Å². The smallest absolute Gasteiger partial charge is 0.269 e. The van der Waals surface area contributed by atoms with Crippen LogP contribution >= 0.6 is 11.6 Å². The van der Waals surface area contributed by atoms with Gasteiger partial charge in [-0.05, 0) is 36.4 Å². The van der Waals surface area contributed by atoms with Crippen LogP contribution in [0.15, 0.2) is 65.8 Å². The molecule has 160 valence electrons. The first-order valence-electron chi connectivity index (χ1n) is 10.0. The topological polar surface area (TPSA) is 86.4 Å². The molecule has 0 bridgehead atoms. The summed E-state index contributed by atoms with van der Waals surface area (Å²) in [6.07, 6.45) is 0.0157. The van der Waals surface area contributed by atoms with Crippen molar-refractivity contribution in [3.05, 3.63) is 92.5 Å². The van der Waals surface area contributed by atoms with Gasteiger partial charge in [-0.3, -0.25) is 10.1 Å². The number of hydrazone groups is 1. The standard InChI is InChI=1S/C23H16ClN3O5/c24-15-5-7-20-17(10-15)19-11-18(13-4-6-21-22(9-13)31-12-30-21)25-26(19)23(32-20)14-2-1-3-16(8-14)27(28)29/h1-10,19,23H,11-12H2/t19-,23-/m0/s1. The van der Waals surface area contributed by atoms with E-state index in [9.17, 15) is 10.1 Å². The summed E-state index contributed by atoms with van der Waals surface area (Å²) in [5, 5.41) is 18.7. The predicted molar refractivity (Wildman–Crippen MR) is 116 cm³/mol. The third-order valence-corrected chi connectivity index (χ3v) is 6.06. The number of rotatable bonds is 3. The van der Waals surface area contributed by atoms with Crippen LogP contribution in [0.3, 0.4) is 0 Å². The second kappa shape index (κ2) is 7.13. The third kappa shape index (κ3) is 3.03. The van der Waals surface area contributed by atoms with Crippen LogP contribution in [-0.2, 0) is 0 Å². The molecule has 6 rings (SSSR count). The summed E-state index contributed by atoms with van der Waals surface area (Å²) in [6, 6.07) is 17.6. The van der Waals surface area contributed by atoms with Gasteiger partial charge < -0.3 is 14.2 Å². The molecule has 32 heavy (non-hydrogen) atoms. The highest BCUT2D eigenvalue weighted by atomic mass is 35.5. The molecule has 9 heteroatoms. The summed E-state index contributed by atoms with van der Waals surface area (Å²) >= 11 is 6.28. The molecule has 3 aliphatic heterocycles. The summed E-state index contributed by atoms with van der Waals surface area (Å²) < 4.78 is 17.2. The van der Waals surface area contributed by atoms with Gasteiger partial charge in [-0.1, -0.05) is 23.7 Å². The summed E-state index contributed by atoms with van der Waals surface area (Å²) in [5.41, 5.74) is 3.37. The van der Waals surface area contributed by atoms with Crippen molar-refractivity contribution in [1.82, 2.24) is 5.01 Å². The maximum absolute atomic E-state index is 11.3. The number of nitro groups is 1. The largest absolute Gasteiger partial charge is 0.464 e. The lowest BCUT2D eigenvalue weighted by molar-refractivity contribution is -0.385. The first kappa shape index (κ1) is 18.9. The Hall–Kier alpha value is -3.78. The van der Waals surface area contributed by atoms with E-state index in [4.69, 9.17) is 30.9 Å². The van der Waals surface area contributed by atoms with Gasteiger partial charge in [0.25, 0.3) is 5.69 Å². The van der Waals surface area contributed by atoms with Crippen LogP contribution in [0.5, 0.6) is 17.2 Å². The fourth-order valence-corrected chi connectivity index (χ4v) is 4.50. The second-order valence-corrected chi connectivity index (χ2v) is 8.16. The number of ether oxygens (including phenoxy) is 3. The fraction of sp³-hybridized carbons (Fsp3) is 0.174. The van der Waals surface area contributed by atoms with Crippen molar-refractivity contribution in [2.75, 3.05) is 6.79 Å². The molecule has 0 N–H and O–H groups in total. The minimum Gasteiger partial charge on any atom is -0.464 e. The first-order valence-corrected chi connectivity index (χ1v) is 10.4. The number of halogens is 1. The van der Waals surface area contributed by atoms with Gasteiger partial charge in [0, 0.05) is 40.3 Å². The van der Waals surface area contributed by atoms with E-state index < -0.39 is 11.2 Å². The second-order valence-electron chi connectivity index (χ2n) is 7.72. The van der Waals surface area contributed by atoms with Crippen LogP contribution in [0.4, 0.5) is 5.69 Å². The zero-order valence-corrected chi connectivity index (χ0v) is 17.4. The monoisotopic (exact) mass is 449 g/mol. The minimum absolute atomic E-state index is 0.00345. The number of fused-ring (bicyclic) bond motifs is 4. The Bertz CT molecular complexity index is 1290. The summed E-state index contributed by atoms with van der Waals surface area (Å²) in [5.74, 6) is 2.08. The Morgan fingerprint density at radius 2 is 1.88 bits per heavy atom. The van der Waals surface area contributed by atoms with Gasteiger partial charge in [0.1, 0.15) is 5.75 Å². The SMILES string of the molecule is O=[N+]([O-])c1cccc([C@@H]2Oc3ccc(Cl)cc3[C@@H]3CC(c4ccc5c(c4)OCO5)=NN32)c1. The fourth-order valence-electron chi connectivity index (χ4n) is 4.32. The van der Waals surface area contributed by atoms with Crippen molar-refractivity contribution in [3.63, 3.8) is 0 Å². The zero-order valence-electron chi connectivity index (χ0n) is 16.6. The summed E-state index contributed by atoms with van der Waals surface area (Å²) in [7, 11) is 0. The van der Waals surface area contributed by atoms with Crippen molar-refractivity contribution in [3.8, 4) is 17.2 Å². The lowest BCUT2D eigenvalue weighted by Gasteiger charge is -2.38. The molecular formula is C23H16ClN3O5. The number of non-ortho nitro benzene ring substituents is 1. The molecule has 0 radical (unpaired) electrons. The molecule has 2 atom stereocenters. The molecule has 0 fully saturated rings.